The summed E-state index contributed by atoms with van der Waals surface area (Å²) in [4.78, 5) is 5.09. The fourth-order valence-electron chi connectivity index (χ4n) is 2.28. The van der Waals surface area contributed by atoms with Crippen LogP contribution in [0.1, 0.15) is 6.99 Å². The third-order valence-electron chi connectivity index (χ3n) is 3.39. The van der Waals surface area contributed by atoms with Crippen molar-refractivity contribution >= 4 is 0 Å². The summed E-state index contributed by atoms with van der Waals surface area (Å²) in [6.45, 7) is 8.16. The lowest BCUT2D eigenvalue weighted by Crippen LogP contribution is -2.47. The lowest BCUT2D eigenvalue weighted by molar-refractivity contribution is 0.128. The maximum Gasteiger partial charge on any atom is 0.0234 e. The summed E-state index contributed by atoms with van der Waals surface area (Å²) in [6.07, 6.45) is 0. The molecule has 1 aliphatic heterocycles. The molecule has 0 saturated carbocycles. The van der Waals surface area contributed by atoms with E-state index in [-0.39, 0.29) is 1.43 Å². The van der Waals surface area contributed by atoms with Crippen molar-refractivity contribution in [1.29, 1.82) is 0 Å². The van der Waals surface area contributed by atoms with E-state index in [0.29, 0.717) is 0 Å². The van der Waals surface area contributed by atoms with Gasteiger partial charge in [-0.2, -0.15) is 0 Å². The molecule has 1 N–H and O–H groups in total. The molecule has 2 rings (SSSR count). The van der Waals surface area contributed by atoms with Crippen molar-refractivity contribution in [3.63, 3.8) is 0 Å². The van der Waals surface area contributed by atoms with Crippen molar-refractivity contribution in [2.45, 2.75) is 6.54 Å². The topological polar surface area (TPSA) is 18.5 Å². The lowest BCUT2D eigenvalue weighted by Gasteiger charge is -2.34. The zero-order valence-electron chi connectivity index (χ0n) is 10.7. The highest BCUT2D eigenvalue weighted by Crippen LogP contribution is 2.07. The summed E-state index contributed by atoms with van der Waals surface area (Å²) >= 11 is 0. The Labute approximate surface area is 106 Å². The van der Waals surface area contributed by atoms with E-state index in [4.69, 9.17) is 0 Å². The van der Waals surface area contributed by atoms with Crippen molar-refractivity contribution in [2.24, 2.45) is 0 Å². The molecule has 0 amide bonds. The quantitative estimate of drug-likeness (QED) is 0.829. The van der Waals surface area contributed by atoms with Crippen LogP contribution in [0, 0.1) is 0 Å². The number of hydrogen-bond donors (Lipinski definition) is 1. The normalized spacial score (nSPS) is 18.4. The van der Waals surface area contributed by atoms with Crippen molar-refractivity contribution in [3.8, 4) is 0 Å². The van der Waals surface area contributed by atoms with Gasteiger partial charge in [0.1, 0.15) is 0 Å². The molecule has 3 nitrogen and oxygen atoms in total. The molecule has 1 aromatic carbocycles. The molecule has 0 aliphatic carbocycles. The van der Waals surface area contributed by atoms with Gasteiger partial charge in [-0.1, -0.05) is 30.3 Å². The van der Waals surface area contributed by atoms with Gasteiger partial charge < -0.3 is 5.32 Å². The minimum atomic E-state index is 0. The van der Waals surface area contributed by atoms with Gasteiger partial charge in [0, 0.05) is 47.2 Å². The monoisotopic (exact) mass is 235 g/mol. The number of rotatable bonds is 5. The standard InChI is InChI=1S/C14H23N3.H2/c1-15-7-8-16-9-11-17(12-10-16)13-14-5-3-2-4-6-14;/h2-6,15H,7-13H2,1H3;1H. The molecule has 1 saturated heterocycles. The Hall–Kier alpha value is -0.900. The van der Waals surface area contributed by atoms with Crippen molar-refractivity contribution < 1.29 is 1.43 Å². The number of benzene rings is 1. The Morgan fingerprint density at radius 3 is 2.35 bits per heavy atom. The first-order valence-electron chi connectivity index (χ1n) is 6.52. The summed E-state index contributed by atoms with van der Waals surface area (Å²) in [5.41, 5.74) is 1.43. The van der Waals surface area contributed by atoms with E-state index in [2.05, 4.69) is 45.4 Å². The summed E-state index contributed by atoms with van der Waals surface area (Å²) in [6, 6.07) is 10.8. The van der Waals surface area contributed by atoms with Gasteiger partial charge in [-0.25, -0.2) is 0 Å². The fraction of sp³-hybridized carbons (Fsp3) is 0.571. The van der Waals surface area contributed by atoms with Crippen molar-refractivity contribution in [1.82, 2.24) is 15.1 Å². The van der Waals surface area contributed by atoms with E-state index >= 15 is 0 Å². The molecule has 1 aromatic rings. The lowest BCUT2D eigenvalue weighted by atomic mass is 10.2. The van der Waals surface area contributed by atoms with Crippen LogP contribution >= 0.6 is 0 Å². The average molecular weight is 235 g/mol. The van der Waals surface area contributed by atoms with Gasteiger partial charge in [0.05, 0.1) is 0 Å². The number of piperazine rings is 1. The molecule has 3 heteroatoms. The Morgan fingerprint density at radius 2 is 1.71 bits per heavy atom. The first-order valence-corrected chi connectivity index (χ1v) is 6.52. The third-order valence-corrected chi connectivity index (χ3v) is 3.39. The number of hydrogen-bond acceptors (Lipinski definition) is 3. The highest BCUT2D eigenvalue weighted by Gasteiger charge is 2.15. The Bertz CT molecular complexity index is 310. The van der Waals surface area contributed by atoms with Gasteiger partial charge in [-0.15, -0.1) is 0 Å². The summed E-state index contributed by atoms with van der Waals surface area (Å²) < 4.78 is 0. The van der Waals surface area contributed by atoms with Crippen LogP contribution in [0.2, 0.25) is 0 Å². The smallest absolute Gasteiger partial charge is 0.0234 e. The van der Waals surface area contributed by atoms with Crippen LogP contribution < -0.4 is 5.32 Å². The highest BCUT2D eigenvalue weighted by atomic mass is 15.3. The second-order valence-corrected chi connectivity index (χ2v) is 4.71. The molecule has 0 unspecified atom stereocenters. The zero-order valence-corrected chi connectivity index (χ0v) is 10.7. The fourth-order valence-corrected chi connectivity index (χ4v) is 2.28. The van der Waals surface area contributed by atoms with Crippen molar-refractivity contribution in [3.05, 3.63) is 35.9 Å². The summed E-state index contributed by atoms with van der Waals surface area (Å²) in [5.74, 6) is 0. The van der Waals surface area contributed by atoms with E-state index in [9.17, 15) is 0 Å². The summed E-state index contributed by atoms with van der Waals surface area (Å²) in [5, 5.41) is 3.21. The molecule has 1 fully saturated rings. The second-order valence-electron chi connectivity index (χ2n) is 4.71. The van der Waals surface area contributed by atoms with Gasteiger partial charge in [0.25, 0.3) is 0 Å². The van der Waals surface area contributed by atoms with Gasteiger partial charge in [-0.05, 0) is 12.6 Å². The van der Waals surface area contributed by atoms with E-state index in [1.54, 1.807) is 0 Å². The van der Waals surface area contributed by atoms with Crippen LogP contribution in [-0.4, -0.2) is 56.1 Å². The number of nitrogens with one attached hydrogen (secondary N) is 1. The second kappa shape index (κ2) is 6.74. The number of likely N-dealkylation sites (N-methyl/N-ethyl adjacent to an activating group) is 1. The van der Waals surface area contributed by atoms with Crippen molar-refractivity contribution in [2.75, 3.05) is 46.3 Å². The molecular weight excluding hydrogens is 210 g/mol. The average Bonchev–Trinajstić information content (AvgIpc) is 2.39. The molecule has 0 bridgehead atoms. The first-order chi connectivity index (χ1) is 8.38. The van der Waals surface area contributed by atoms with Crippen LogP contribution in [-0.2, 0) is 6.54 Å². The maximum atomic E-state index is 3.21. The molecule has 0 spiro atoms. The predicted molar refractivity (Wildman–Crippen MR) is 74.2 cm³/mol. The van der Waals surface area contributed by atoms with Crippen LogP contribution in [0.4, 0.5) is 0 Å². The first kappa shape index (κ1) is 12.6. The van der Waals surface area contributed by atoms with Crippen LogP contribution in [0.5, 0.6) is 0 Å². The van der Waals surface area contributed by atoms with Crippen LogP contribution in [0.15, 0.2) is 30.3 Å². The molecule has 1 heterocycles. The van der Waals surface area contributed by atoms with Crippen LogP contribution in [0.25, 0.3) is 0 Å². The molecule has 0 aromatic heterocycles. The minimum absolute atomic E-state index is 0. The molecule has 0 radical (unpaired) electrons. The van der Waals surface area contributed by atoms with E-state index < -0.39 is 0 Å². The molecular formula is C14H25N3. The van der Waals surface area contributed by atoms with Gasteiger partial charge >= 0.3 is 0 Å². The van der Waals surface area contributed by atoms with Gasteiger partial charge in [0.2, 0.25) is 0 Å². The SMILES string of the molecule is CNCCN1CCN(Cc2ccccc2)CC1.[HH]. The predicted octanol–water partition coefficient (Wildman–Crippen LogP) is 1.27. The van der Waals surface area contributed by atoms with Gasteiger partial charge in [-0.3, -0.25) is 9.80 Å². The molecule has 17 heavy (non-hydrogen) atoms. The molecule has 0 atom stereocenters. The Balaban J connectivity index is 0.00000162. The number of nitrogens with zero attached hydrogens (tertiary/aromatic N) is 2. The molecule has 1 aliphatic rings. The largest absolute Gasteiger partial charge is 0.318 e. The van der Waals surface area contributed by atoms with E-state index in [1.807, 2.05) is 7.05 Å². The minimum Gasteiger partial charge on any atom is -0.318 e. The van der Waals surface area contributed by atoms with E-state index in [0.717, 1.165) is 13.1 Å². The van der Waals surface area contributed by atoms with Crippen LogP contribution in [0.3, 0.4) is 0 Å². The van der Waals surface area contributed by atoms with Gasteiger partial charge in [0.15, 0.2) is 0 Å². The molecule has 96 valence electrons. The Morgan fingerprint density at radius 1 is 1.06 bits per heavy atom. The maximum absolute atomic E-state index is 3.21. The zero-order chi connectivity index (χ0) is 11.9. The summed E-state index contributed by atoms with van der Waals surface area (Å²) in [7, 11) is 2.02. The highest BCUT2D eigenvalue weighted by molar-refractivity contribution is 5.14. The van der Waals surface area contributed by atoms with E-state index in [1.165, 1.54) is 38.3 Å². The third kappa shape index (κ3) is 4.11. The Kier molecular flexibility index (Phi) is 4.98.